The van der Waals surface area contributed by atoms with Crippen LogP contribution in [-0.2, 0) is 7.05 Å². The molecule has 4 rings (SSSR count). The Bertz CT molecular complexity index is 930. The standard InChI is InChI=1S/C16H14N4/c1-11-10-19(2)14-7-6-12(9-13(11)14)16-18-17-15-5-3-4-8-20(15)16/h3-10H,1-2H3. The van der Waals surface area contributed by atoms with Crippen LogP contribution in [0.5, 0.6) is 0 Å². The number of aromatic nitrogens is 4. The molecule has 0 saturated heterocycles. The Morgan fingerprint density at radius 2 is 1.95 bits per heavy atom. The number of fused-ring (bicyclic) bond motifs is 2. The summed E-state index contributed by atoms with van der Waals surface area (Å²) in [6.07, 6.45) is 4.14. The quantitative estimate of drug-likeness (QED) is 0.528. The Balaban J connectivity index is 2.00. The van der Waals surface area contributed by atoms with Crippen molar-refractivity contribution >= 4 is 16.6 Å². The van der Waals surface area contributed by atoms with E-state index in [2.05, 4.69) is 53.1 Å². The van der Waals surface area contributed by atoms with Crippen molar-refractivity contribution in [3.05, 3.63) is 54.4 Å². The molecule has 20 heavy (non-hydrogen) atoms. The van der Waals surface area contributed by atoms with Crippen LogP contribution in [0.3, 0.4) is 0 Å². The third-order valence-corrected chi connectivity index (χ3v) is 3.76. The summed E-state index contributed by atoms with van der Waals surface area (Å²) in [7, 11) is 2.07. The fraction of sp³-hybridized carbons (Fsp3) is 0.125. The summed E-state index contributed by atoms with van der Waals surface area (Å²) in [6, 6.07) is 12.4. The number of hydrogen-bond donors (Lipinski definition) is 0. The number of nitrogens with zero attached hydrogens (tertiary/aromatic N) is 4. The molecule has 1 aromatic carbocycles. The first-order chi connectivity index (χ1) is 9.74. The third-order valence-electron chi connectivity index (χ3n) is 3.76. The van der Waals surface area contributed by atoms with E-state index in [1.54, 1.807) is 0 Å². The minimum Gasteiger partial charge on any atom is -0.350 e. The zero-order valence-electron chi connectivity index (χ0n) is 11.4. The van der Waals surface area contributed by atoms with Crippen molar-refractivity contribution in [2.24, 2.45) is 7.05 Å². The lowest BCUT2D eigenvalue weighted by molar-refractivity contribution is 0.964. The van der Waals surface area contributed by atoms with E-state index in [0.29, 0.717) is 0 Å². The summed E-state index contributed by atoms with van der Waals surface area (Å²) in [5, 5.41) is 9.79. The molecule has 0 unspecified atom stereocenters. The molecular weight excluding hydrogens is 248 g/mol. The van der Waals surface area contributed by atoms with E-state index in [-0.39, 0.29) is 0 Å². The highest BCUT2D eigenvalue weighted by atomic mass is 15.2. The monoisotopic (exact) mass is 262 g/mol. The van der Waals surface area contributed by atoms with Gasteiger partial charge in [0.15, 0.2) is 11.5 Å². The van der Waals surface area contributed by atoms with Gasteiger partial charge in [-0.1, -0.05) is 6.07 Å². The van der Waals surface area contributed by atoms with Crippen LogP contribution in [0.4, 0.5) is 0 Å². The number of aryl methyl sites for hydroxylation is 2. The van der Waals surface area contributed by atoms with Crippen LogP contribution in [0.2, 0.25) is 0 Å². The molecule has 0 saturated carbocycles. The van der Waals surface area contributed by atoms with E-state index in [0.717, 1.165) is 17.0 Å². The maximum absolute atomic E-state index is 4.31. The van der Waals surface area contributed by atoms with Crippen molar-refractivity contribution in [2.45, 2.75) is 6.92 Å². The number of hydrogen-bond acceptors (Lipinski definition) is 2. The van der Waals surface area contributed by atoms with Crippen molar-refractivity contribution in [1.82, 2.24) is 19.2 Å². The van der Waals surface area contributed by atoms with Gasteiger partial charge < -0.3 is 4.57 Å². The van der Waals surface area contributed by atoms with Crippen molar-refractivity contribution in [1.29, 1.82) is 0 Å². The van der Waals surface area contributed by atoms with Crippen molar-refractivity contribution in [3.63, 3.8) is 0 Å². The van der Waals surface area contributed by atoms with Gasteiger partial charge in [-0.15, -0.1) is 10.2 Å². The second kappa shape index (κ2) is 3.93. The van der Waals surface area contributed by atoms with E-state index < -0.39 is 0 Å². The largest absolute Gasteiger partial charge is 0.350 e. The molecule has 4 aromatic rings. The molecule has 3 aromatic heterocycles. The summed E-state index contributed by atoms with van der Waals surface area (Å²) < 4.78 is 4.16. The fourth-order valence-corrected chi connectivity index (χ4v) is 2.77. The van der Waals surface area contributed by atoms with Gasteiger partial charge in [-0.2, -0.15) is 0 Å². The van der Waals surface area contributed by atoms with Crippen LogP contribution in [-0.4, -0.2) is 19.2 Å². The molecule has 0 spiro atoms. The Morgan fingerprint density at radius 3 is 2.85 bits per heavy atom. The predicted octanol–water partition coefficient (Wildman–Crippen LogP) is 3.20. The summed E-state index contributed by atoms with van der Waals surface area (Å²) in [6.45, 7) is 2.13. The van der Waals surface area contributed by atoms with Gasteiger partial charge in [-0.3, -0.25) is 4.40 Å². The second-order valence-corrected chi connectivity index (χ2v) is 5.11. The van der Waals surface area contributed by atoms with Crippen LogP contribution in [0.15, 0.2) is 48.8 Å². The zero-order valence-corrected chi connectivity index (χ0v) is 11.4. The van der Waals surface area contributed by atoms with E-state index in [1.807, 2.05) is 28.8 Å². The molecule has 0 amide bonds. The second-order valence-electron chi connectivity index (χ2n) is 5.11. The summed E-state index contributed by atoms with van der Waals surface area (Å²) in [5.41, 5.74) is 4.47. The molecule has 0 aliphatic carbocycles. The van der Waals surface area contributed by atoms with Crippen molar-refractivity contribution in [3.8, 4) is 11.4 Å². The van der Waals surface area contributed by atoms with E-state index in [1.165, 1.54) is 16.5 Å². The molecule has 4 heteroatoms. The van der Waals surface area contributed by atoms with E-state index in [4.69, 9.17) is 0 Å². The van der Waals surface area contributed by atoms with Crippen LogP contribution in [0.1, 0.15) is 5.56 Å². The SMILES string of the molecule is Cc1cn(C)c2ccc(-c3nnc4ccccn34)cc12. The maximum Gasteiger partial charge on any atom is 0.168 e. The first kappa shape index (κ1) is 11.2. The smallest absolute Gasteiger partial charge is 0.168 e. The van der Waals surface area contributed by atoms with Gasteiger partial charge in [-0.25, -0.2) is 0 Å². The molecule has 0 aliphatic heterocycles. The molecule has 0 N–H and O–H groups in total. The Hall–Kier alpha value is -2.62. The normalized spacial score (nSPS) is 11.5. The van der Waals surface area contributed by atoms with E-state index in [9.17, 15) is 0 Å². The molecular formula is C16H14N4. The van der Waals surface area contributed by atoms with Gasteiger partial charge in [0.1, 0.15) is 0 Å². The maximum atomic E-state index is 4.31. The summed E-state index contributed by atoms with van der Waals surface area (Å²) in [5.74, 6) is 0.880. The molecule has 3 heterocycles. The minimum atomic E-state index is 0.868. The van der Waals surface area contributed by atoms with Gasteiger partial charge >= 0.3 is 0 Å². The Kier molecular flexibility index (Phi) is 2.21. The molecule has 4 nitrogen and oxygen atoms in total. The van der Waals surface area contributed by atoms with Gasteiger partial charge in [0.25, 0.3) is 0 Å². The predicted molar refractivity (Wildman–Crippen MR) is 79.6 cm³/mol. The minimum absolute atomic E-state index is 0.868. The lowest BCUT2D eigenvalue weighted by Gasteiger charge is -2.02. The first-order valence-electron chi connectivity index (χ1n) is 6.60. The summed E-state index contributed by atoms with van der Waals surface area (Å²) in [4.78, 5) is 0. The number of benzene rings is 1. The van der Waals surface area contributed by atoms with Gasteiger partial charge in [0.2, 0.25) is 0 Å². The van der Waals surface area contributed by atoms with E-state index >= 15 is 0 Å². The van der Waals surface area contributed by atoms with Crippen molar-refractivity contribution < 1.29 is 0 Å². The fourth-order valence-electron chi connectivity index (χ4n) is 2.77. The third kappa shape index (κ3) is 1.48. The lowest BCUT2D eigenvalue weighted by Crippen LogP contribution is -1.89. The first-order valence-corrected chi connectivity index (χ1v) is 6.60. The highest BCUT2D eigenvalue weighted by Gasteiger charge is 2.10. The Morgan fingerprint density at radius 1 is 1.05 bits per heavy atom. The zero-order chi connectivity index (χ0) is 13.7. The highest BCUT2D eigenvalue weighted by Crippen LogP contribution is 2.26. The van der Waals surface area contributed by atoms with Crippen LogP contribution >= 0.6 is 0 Å². The molecule has 0 bridgehead atoms. The molecule has 0 aliphatic rings. The number of rotatable bonds is 1. The van der Waals surface area contributed by atoms with Crippen LogP contribution in [0, 0.1) is 6.92 Å². The highest BCUT2D eigenvalue weighted by molar-refractivity contribution is 5.87. The molecule has 98 valence electrons. The van der Waals surface area contributed by atoms with Crippen LogP contribution < -0.4 is 0 Å². The average molecular weight is 262 g/mol. The average Bonchev–Trinajstić information content (AvgIpc) is 3.01. The van der Waals surface area contributed by atoms with Crippen molar-refractivity contribution in [2.75, 3.05) is 0 Å². The molecule has 0 fully saturated rings. The Labute approximate surface area is 116 Å². The van der Waals surface area contributed by atoms with Crippen LogP contribution in [0.25, 0.3) is 27.9 Å². The van der Waals surface area contributed by atoms with Gasteiger partial charge in [0, 0.05) is 35.9 Å². The topological polar surface area (TPSA) is 35.1 Å². The molecule has 0 radical (unpaired) electrons. The lowest BCUT2D eigenvalue weighted by atomic mass is 10.1. The number of pyridine rings is 1. The van der Waals surface area contributed by atoms with Gasteiger partial charge in [-0.05, 0) is 42.8 Å². The summed E-state index contributed by atoms with van der Waals surface area (Å²) >= 11 is 0. The van der Waals surface area contributed by atoms with Gasteiger partial charge in [0.05, 0.1) is 0 Å². The molecule has 0 atom stereocenters.